The second-order valence-corrected chi connectivity index (χ2v) is 5.37. The molecular weight excluding hydrogens is 250 g/mol. The largest absolute Gasteiger partial charge is 0.389 e. The zero-order valence-corrected chi connectivity index (χ0v) is 12.7. The van der Waals surface area contributed by atoms with Gasteiger partial charge in [0.2, 0.25) is 5.91 Å². The highest BCUT2D eigenvalue weighted by atomic mass is 16.3. The molecule has 3 nitrogen and oxygen atoms in total. The average molecular weight is 277 g/mol. The highest BCUT2D eigenvalue weighted by Crippen LogP contribution is 2.17. The second kappa shape index (κ2) is 9.54. The van der Waals surface area contributed by atoms with Crippen molar-refractivity contribution in [3.05, 3.63) is 29.8 Å². The Bertz CT molecular complexity index is 402. The van der Waals surface area contributed by atoms with E-state index in [1.165, 1.54) is 25.7 Å². The van der Waals surface area contributed by atoms with E-state index in [-0.39, 0.29) is 5.91 Å². The molecule has 2 N–H and O–H groups in total. The van der Waals surface area contributed by atoms with Crippen LogP contribution in [0.1, 0.15) is 70.5 Å². The first-order valence-corrected chi connectivity index (χ1v) is 7.71. The molecule has 1 atom stereocenters. The van der Waals surface area contributed by atoms with E-state index in [0.717, 1.165) is 24.1 Å². The Balaban J connectivity index is 2.26. The molecule has 0 saturated heterocycles. The Morgan fingerprint density at radius 3 is 2.60 bits per heavy atom. The van der Waals surface area contributed by atoms with Crippen LogP contribution in [0.2, 0.25) is 0 Å². The van der Waals surface area contributed by atoms with Gasteiger partial charge >= 0.3 is 0 Å². The maximum atomic E-state index is 11.8. The molecular formula is C17H27NO2. The summed E-state index contributed by atoms with van der Waals surface area (Å²) in [5.74, 6) is 0.0586. The van der Waals surface area contributed by atoms with E-state index in [9.17, 15) is 9.90 Å². The maximum absolute atomic E-state index is 11.8. The number of hydrogen-bond acceptors (Lipinski definition) is 2. The summed E-state index contributed by atoms with van der Waals surface area (Å²) in [7, 11) is 0. The van der Waals surface area contributed by atoms with Gasteiger partial charge in [-0.2, -0.15) is 0 Å². The number of amides is 1. The van der Waals surface area contributed by atoms with Crippen molar-refractivity contribution in [2.45, 2.75) is 64.9 Å². The molecule has 0 spiro atoms. The normalized spacial score (nSPS) is 12.2. The van der Waals surface area contributed by atoms with Crippen LogP contribution in [0.5, 0.6) is 0 Å². The van der Waals surface area contributed by atoms with Crippen LogP contribution in [0.15, 0.2) is 24.3 Å². The lowest BCUT2D eigenvalue weighted by Gasteiger charge is -2.09. The van der Waals surface area contributed by atoms with Crippen LogP contribution in [-0.4, -0.2) is 11.0 Å². The van der Waals surface area contributed by atoms with Crippen LogP contribution >= 0.6 is 0 Å². The van der Waals surface area contributed by atoms with Gasteiger partial charge in [0.05, 0.1) is 6.10 Å². The zero-order valence-electron chi connectivity index (χ0n) is 12.7. The third-order valence-electron chi connectivity index (χ3n) is 3.41. The van der Waals surface area contributed by atoms with Gasteiger partial charge in [-0.25, -0.2) is 0 Å². The van der Waals surface area contributed by atoms with Crippen LogP contribution in [-0.2, 0) is 4.79 Å². The maximum Gasteiger partial charge on any atom is 0.224 e. The van der Waals surface area contributed by atoms with Crippen molar-refractivity contribution in [2.75, 3.05) is 5.32 Å². The van der Waals surface area contributed by atoms with Crippen molar-refractivity contribution in [1.82, 2.24) is 0 Å². The first-order chi connectivity index (χ1) is 9.63. The number of rotatable bonds is 9. The molecule has 20 heavy (non-hydrogen) atoms. The van der Waals surface area contributed by atoms with Crippen LogP contribution in [0, 0.1) is 0 Å². The van der Waals surface area contributed by atoms with Crippen LogP contribution in [0.3, 0.4) is 0 Å². The smallest absolute Gasteiger partial charge is 0.224 e. The van der Waals surface area contributed by atoms with Crippen LogP contribution in [0.4, 0.5) is 5.69 Å². The summed E-state index contributed by atoms with van der Waals surface area (Å²) in [4.78, 5) is 11.8. The SMILES string of the molecule is CCCCCCCCC(=O)Nc1cccc(C(C)O)c1. The minimum atomic E-state index is -0.509. The highest BCUT2D eigenvalue weighted by Gasteiger charge is 2.05. The lowest BCUT2D eigenvalue weighted by atomic mass is 10.1. The van der Waals surface area contributed by atoms with Gasteiger partial charge in [0.15, 0.2) is 0 Å². The number of nitrogens with one attached hydrogen (secondary N) is 1. The van der Waals surface area contributed by atoms with Gasteiger partial charge in [-0.05, 0) is 31.0 Å². The third kappa shape index (κ3) is 6.71. The van der Waals surface area contributed by atoms with Gasteiger partial charge < -0.3 is 10.4 Å². The van der Waals surface area contributed by atoms with Gasteiger partial charge in [0.25, 0.3) is 0 Å². The van der Waals surface area contributed by atoms with E-state index in [2.05, 4.69) is 12.2 Å². The van der Waals surface area contributed by atoms with Crippen molar-refractivity contribution in [3.8, 4) is 0 Å². The molecule has 1 aromatic rings. The third-order valence-corrected chi connectivity index (χ3v) is 3.41. The number of unbranched alkanes of at least 4 members (excludes halogenated alkanes) is 5. The quantitative estimate of drug-likeness (QED) is 0.656. The van der Waals surface area contributed by atoms with E-state index in [1.807, 2.05) is 24.3 Å². The van der Waals surface area contributed by atoms with Gasteiger partial charge in [-0.3, -0.25) is 4.79 Å². The lowest BCUT2D eigenvalue weighted by molar-refractivity contribution is -0.116. The van der Waals surface area contributed by atoms with Gasteiger partial charge in [0, 0.05) is 12.1 Å². The molecule has 0 aliphatic rings. The molecule has 112 valence electrons. The highest BCUT2D eigenvalue weighted by molar-refractivity contribution is 5.90. The van der Waals surface area contributed by atoms with Crippen LogP contribution in [0.25, 0.3) is 0 Å². The predicted octanol–water partition coefficient (Wildman–Crippen LogP) is 4.43. The van der Waals surface area contributed by atoms with E-state index in [1.54, 1.807) is 6.92 Å². The Morgan fingerprint density at radius 1 is 1.20 bits per heavy atom. The fourth-order valence-corrected chi connectivity index (χ4v) is 2.17. The Labute approximate surface area is 122 Å². The van der Waals surface area contributed by atoms with Gasteiger partial charge in [-0.1, -0.05) is 51.2 Å². The summed E-state index contributed by atoms with van der Waals surface area (Å²) in [6.07, 6.45) is 7.18. The number of carbonyl (C=O) groups is 1. The predicted molar refractivity (Wildman–Crippen MR) is 83.7 cm³/mol. The van der Waals surface area contributed by atoms with Crippen molar-refractivity contribution in [1.29, 1.82) is 0 Å². The van der Waals surface area contributed by atoms with Crippen LogP contribution < -0.4 is 5.32 Å². The first kappa shape index (κ1) is 16.7. The molecule has 0 aliphatic carbocycles. The Hall–Kier alpha value is -1.35. The van der Waals surface area contributed by atoms with Crippen molar-refractivity contribution in [3.63, 3.8) is 0 Å². The first-order valence-electron chi connectivity index (χ1n) is 7.71. The Kier molecular flexibility index (Phi) is 7.97. The average Bonchev–Trinajstić information content (AvgIpc) is 2.43. The standard InChI is InChI=1S/C17H27NO2/c1-3-4-5-6-7-8-12-17(20)18-16-11-9-10-15(13-16)14(2)19/h9-11,13-14,19H,3-8,12H2,1-2H3,(H,18,20). The topological polar surface area (TPSA) is 49.3 Å². The monoisotopic (exact) mass is 277 g/mol. The fourth-order valence-electron chi connectivity index (χ4n) is 2.17. The second-order valence-electron chi connectivity index (χ2n) is 5.37. The molecule has 1 aromatic carbocycles. The van der Waals surface area contributed by atoms with E-state index in [0.29, 0.717) is 6.42 Å². The van der Waals surface area contributed by atoms with E-state index >= 15 is 0 Å². The summed E-state index contributed by atoms with van der Waals surface area (Å²) in [5.41, 5.74) is 1.58. The summed E-state index contributed by atoms with van der Waals surface area (Å²) < 4.78 is 0. The zero-order chi connectivity index (χ0) is 14.8. The number of aliphatic hydroxyl groups is 1. The van der Waals surface area contributed by atoms with Gasteiger partial charge in [-0.15, -0.1) is 0 Å². The summed E-state index contributed by atoms with van der Waals surface area (Å²) in [6, 6.07) is 7.38. The fraction of sp³-hybridized carbons (Fsp3) is 0.588. The van der Waals surface area contributed by atoms with Crippen molar-refractivity contribution in [2.24, 2.45) is 0 Å². The molecule has 0 aromatic heterocycles. The number of hydrogen-bond donors (Lipinski definition) is 2. The van der Waals surface area contributed by atoms with Crippen molar-refractivity contribution >= 4 is 11.6 Å². The molecule has 1 rings (SSSR count). The van der Waals surface area contributed by atoms with Crippen molar-refractivity contribution < 1.29 is 9.90 Å². The summed E-state index contributed by atoms with van der Waals surface area (Å²) in [5, 5.41) is 12.4. The molecule has 0 bridgehead atoms. The number of aliphatic hydroxyl groups excluding tert-OH is 1. The molecule has 1 amide bonds. The molecule has 1 unspecified atom stereocenters. The molecule has 3 heteroatoms. The minimum Gasteiger partial charge on any atom is -0.389 e. The summed E-state index contributed by atoms with van der Waals surface area (Å²) in [6.45, 7) is 3.92. The lowest BCUT2D eigenvalue weighted by Crippen LogP contribution is -2.11. The number of benzene rings is 1. The number of anilines is 1. The number of carbonyl (C=O) groups excluding carboxylic acids is 1. The molecule has 0 radical (unpaired) electrons. The molecule has 0 saturated carbocycles. The van der Waals surface area contributed by atoms with E-state index in [4.69, 9.17) is 0 Å². The molecule has 0 aliphatic heterocycles. The Morgan fingerprint density at radius 2 is 1.90 bits per heavy atom. The summed E-state index contributed by atoms with van der Waals surface area (Å²) >= 11 is 0. The minimum absolute atomic E-state index is 0.0586. The van der Waals surface area contributed by atoms with Gasteiger partial charge in [0.1, 0.15) is 0 Å². The molecule has 0 fully saturated rings. The van der Waals surface area contributed by atoms with E-state index < -0.39 is 6.10 Å². The molecule has 0 heterocycles.